The molecule has 3 heteroatoms. The number of rotatable bonds is 4. The molecule has 2 atom stereocenters. The molecule has 12 heavy (non-hydrogen) atoms. The predicted octanol–water partition coefficient (Wildman–Crippen LogP) is 1.02. The number of hydrogen-bond acceptors (Lipinski definition) is 3. The summed E-state index contributed by atoms with van der Waals surface area (Å²) in [6.45, 7) is 6.86. The standard InChI is InChI=1S/C9H21NO2/c1-9(2,3)8(12-5)7(10)6-11-4/h7-8H,6,10H2,1-5H3. The minimum absolute atomic E-state index is 0.0393. The summed E-state index contributed by atoms with van der Waals surface area (Å²) in [4.78, 5) is 0. The first-order valence-electron chi connectivity index (χ1n) is 4.20. The van der Waals surface area contributed by atoms with E-state index in [-0.39, 0.29) is 17.6 Å². The third kappa shape index (κ3) is 3.52. The Labute approximate surface area is 75.2 Å². The molecule has 2 N–H and O–H groups in total. The van der Waals surface area contributed by atoms with Gasteiger partial charge in [-0.25, -0.2) is 0 Å². The molecule has 0 aliphatic heterocycles. The summed E-state index contributed by atoms with van der Waals surface area (Å²) in [5.41, 5.74) is 5.94. The van der Waals surface area contributed by atoms with E-state index in [1.807, 2.05) is 0 Å². The van der Waals surface area contributed by atoms with Crippen LogP contribution in [0.2, 0.25) is 0 Å². The zero-order valence-electron chi connectivity index (χ0n) is 8.76. The Balaban J connectivity index is 4.14. The normalized spacial score (nSPS) is 17.5. The summed E-state index contributed by atoms with van der Waals surface area (Å²) in [6.07, 6.45) is 0.0393. The Morgan fingerprint density at radius 2 is 1.75 bits per heavy atom. The maximum Gasteiger partial charge on any atom is 0.0792 e. The summed E-state index contributed by atoms with van der Waals surface area (Å²) in [5.74, 6) is 0. The van der Waals surface area contributed by atoms with Gasteiger partial charge in [-0.2, -0.15) is 0 Å². The van der Waals surface area contributed by atoms with Gasteiger partial charge in [-0.05, 0) is 5.41 Å². The van der Waals surface area contributed by atoms with E-state index in [1.54, 1.807) is 14.2 Å². The van der Waals surface area contributed by atoms with E-state index in [9.17, 15) is 0 Å². The zero-order chi connectivity index (χ0) is 9.78. The number of ether oxygens (including phenoxy) is 2. The fourth-order valence-electron chi connectivity index (χ4n) is 1.45. The molecule has 3 nitrogen and oxygen atoms in total. The topological polar surface area (TPSA) is 44.5 Å². The molecule has 0 aromatic rings. The van der Waals surface area contributed by atoms with Gasteiger partial charge in [-0.1, -0.05) is 20.8 Å². The lowest BCUT2D eigenvalue weighted by atomic mass is 9.85. The number of nitrogens with two attached hydrogens (primary N) is 1. The SMILES string of the molecule is COCC(N)C(OC)C(C)(C)C. The first-order valence-corrected chi connectivity index (χ1v) is 4.20. The summed E-state index contributed by atoms with van der Waals surface area (Å²) < 4.78 is 10.3. The molecule has 0 heterocycles. The number of hydrogen-bond donors (Lipinski definition) is 1. The third-order valence-corrected chi connectivity index (χ3v) is 1.86. The Bertz CT molecular complexity index is 120. The largest absolute Gasteiger partial charge is 0.383 e. The van der Waals surface area contributed by atoms with Crippen LogP contribution in [0.15, 0.2) is 0 Å². The molecule has 0 saturated heterocycles. The van der Waals surface area contributed by atoms with Crippen molar-refractivity contribution >= 4 is 0 Å². The monoisotopic (exact) mass is 175 g/mol. The van der Waals surface area contributed by atoms with Gasteiger partial charge < -0.3 is 15.2 Å². The highest BCUT2D eigenvalue weighted by Gasteiger charge is 2.29. The summed E-state index contributed by atoms with van der Waals surface area (Å²) >= 11 is 0. The molecular weight excluding hydrogens is 154 g/mol. The van der Waals surface area contributed by atoms with Crippen LogP contribution in [-0.4, -0.2) is 33.0 Å². The molecule has 0 rings (SSSR count). The average molecular weight is 175 g/mol. The molecule has 0 bridgehead atoms. The van der Waals surface area contributed by atoms with Gasteiger partial charge in [0.05, 0.1) is 18.8 Å². The predicted molar refractivity (Wildman–Crippen MR) is 50.1 cm³/mol. The van der Waals surface area contributed by atoms with Crippen molar-refractivity contribution in [2.45, 2.75) is 32.9 Å². The van der Waals surface area contributed by atoms with E-state index in [0.717, 1.165) is 0 Å². The van der Waals surface area contributed by atoms with Crippen molar-refractivity contribution in [3.05, 3.63) is 0 Å². The van der Waals surface area contributed by atoms with Crippen molar-refractivity contribution in [3.63, 3.8) is 0 Å². The second kappa shape index (κ2) is 4.80. The molecule has 0 amide bonds. The van der Waals surface area contributed by atoms with Crippen molar-refractivity contribution < 1.29 is 9.47 Å². The first-order chi connectivity index (χ1) is 5.43. The zero-order valence-corrected chi connectivity index (χ0v) is 8.76. The van der Waals surface area contributed by atoms with Gasteiger partial charge in [0.2, 0.25) is 0 Å². The van der Waals surface area contributed by atoms with Crippen LogP contribution in [0.25, 0.3) is 0 Å². The van der Waals surface area contributed by atoms with Crippen molar-refractivity contribution in [2.24, 2.45) is 11.1 Å². The third-order valence-electron chi connectivity index (χ3n) is 1.86. The van der Waals surface area contributed by atoms with Crippen LogP contribution in [0.5, 0.6) is 0 Å². The van der Waals surface area contributed by atoms with E-state index >= 15 is 0 Å². The van der Waals surface area contributed by atoms with E-state index < -0.39 is 0 Å². The Hall–Kier alpha value is -0.120. The molecule has 74 valence electrons. The highest BCUT2D eigenvalue weighted by atomic mass is 16.5. The lowest BCUT2D eigenvalue weighted by Gasteiger charge is -2.33. The smallest absolute Gasteiger partial charge is 0.0792 e. The van der Waals surface area contributed by atoms with E-state index in [2.05, 4.69) is 20.8 Å². The second-order valence-electron chi connectivity index (χ2n) is 4.14. The van der Waals surface area contributed by atoms with Crippen molar-refractivity contribution in [1.82, 2.24) is 0 Å². The maximum atomic E-state index is 5.88. The minimum atomic E-state index is -0.0556. The Kier molecular flexibility index (Phi) is 4.75. The molecule has 0 fully saturated rings. The Morgan fingerprint density at radius 1 is 1.25 bits per heavy atom. The highest BCUT2D eigenvalue weighted by Crippen LogP contribution is 2.23. The van der Waals surface area contributed by atoms with Gasteiger partial charge >= 0.3 is 0 Å². The van der Waals surface area contributed by atoms with Crippen molar-refractivity contribution in [3.8, 4) is 0 Å². The van der Waals surface area contributed by atoms with Crippen molar-refractivity contribution in [1.29, 1.82) is 0 Å². The quantitative estimate of drug-likeness (QED) is 0.694. The molecule has 0 saturated carbocycles. The molecular formula is C9H21NO2. The van der Waals surface area contributed by atoms with Gasteiger partial charge in [0.15, 0.2) is 0 Å². The van der Waals surface area contributed by atoms with Crippen molar-refractivity contribution in [2.75, 3.05) is 20.8 Å². The van der Waals surface area contributed by atoms with Crippen LogP contribution in [0.4, 0.5) is 0 Å². The summed E-state index contributed by atoms with van der Waals surface area (Å²) in [6, 6.07) is -0.0556. The lowest BCUT2D eigenvalue weighted by Crippen LogP contribution is -2.47. The number of methoxy groups -OCH3 is 2. The first kappa shape index (κ1) is 11.9. The van der Waals surface area contributed by atoms with Gasteiger partial charge in [0.25, 0.3) is 0 Å². The molecule has 0 spiro atoms. The van der Waals surface area contributed by atoms with Crippen LogP contribution in [-0.2, 0) is 9.47 Å². The minimum Gasteiger partial charge on any atom is -0.383 e. The summed E-state index contributed by atoms with van der Waals surface area (Å²) in [5, 5.41) is 0. The highest BCUT2D eigenvalue weighted by molar-refractivity contribution is 4.83. The van der Waals surface area contributed by atoms with Gasteiger partial charge in [-0.3, -0.25) is 0 Å². The van der Waals surface area contributed by atoms with Crippen LogP contribution in [0.1, 0.15) is 20.8 Å². The molecule has 2 unspecified atom stereocenters. The van der Waals surface area contributed by atoms with Gasteiger partial charge in [-0.15, -0.1) is 0 Å². The fraction of sp³-hybridized carbons (Fsp3) is 1.00. The molecule has 0 radical (unpaired) electrons. The molecule has 0 aliphatic carbocycles. The van der Waals surface area contributed by atoms with Crippen LogP contribution >= 0.6 is 0 Å². The van der Waals surface area contributed by atoms with E-state index in [4.69, 9.17) is 15.2 Å². The van der Waals surface area contributed by atoms with Crippen LogP contribution in [0, 0.1) is 5.41 Å². The lowest BCUT2D eigenvalue weighted by molar-refractivity contribution is -0.0197. The van der Waals surface area contributed by atoms with Crippen LogP contribution in [0.3, 0.4) is 0 Å². The van der Waals surface area contributed by atoms with Crippen LogP contribution < -0.4 is 5.73 Å². The summed E-state index contributed by atoms with van der Waals surface area (Å²) in [7, 11) is 3.33. The fourth-order valence-corrected chi connectivity index (χ4v) is 1.45. The van der Waals surface area contributed by atoms with E-state index in [1.165, 1.54) is 0 Å². The van der Waals surface area contributed by atoms with Gasteiger partial charge in [0, 0.05) is 14.2 Å². The second-order valence-corrected chi connectivity index (χ2v) is 4.14. The van der Waals surface area contributed by atoms with Gasteiger partial charge in [0.1, 0.15) is 0 Å². The molecule has 0 aromatic carbocycles. The molecule has 0 aromatic heterocycles. The average Bonchev–Trinajstić information content (AvgIpc) is 1.85. The van der Waals surface area contributed by atoms with E-state index in [0.29, 0.717) is 6.61 Å². The molecule has 0 aliphatic rings. The Morgan fingerprint density at radius 3 is 2.00 bits per heavy atom. The maximum absolute atomic E-state index is 5.88.